The maximum absolute atomic E-state index is 13.8. The number of anilines is 1. The SMILES string of the molecule is CCCCCOc1ccc(C2/C(=C(\O)c3ccc4c(c3)OCCO4)C(=O)C(=O)N2c2nnc(SCc3ccc(Cl)cc3)s2)cc1OCC. The van der Waals surface area contributed by atoms with Gasteiger partial charge in [-0.25, -0.2) is 0 Å². The van der Waals surface area contributed by atoms with Crippen molar-refractivity contribution in [3.05, 3.63) is 87.9 Å². The Morgan fingerprint density at radius 2 is 1.77 bits per heavy atom. The normalized spacial score (nSPS) is 16.7. The molecule has 0 bridgehead atoms. The summed E-state index contributed by atoms with van der Waals surface area (Å²) in [6.45, 7) is 5.65. The highest BCUT2D eigenvalue weighted by Crippen LogP contribution is 2.46. The number of thioether (sulfide) groups is 1. The second kappa shape index (κ2) is 15.3. The van der Waals surface area contributed by atoms with Crippen molar-refractivity contribution < 1.29 is 33.6 Å². The first-order chi connectivity index (χ1) is 23.4. The number of hydrogen-bond donors (Lipinski definition) is 1. The standard InChI is InChI=1S/C35H34ClN3O7S2/c1-3-5-6-15-44-25-13-9-22(18-27(25)43-4-2)30-29(31(40)23-10-14-26-28(19-23)46-17-16-45-26)32(41)33(42)39(30)34-37-38-35(48-34)47-20-21-7-11-24(36)12-8-21/h7-14,18-19,30,40H,3-6,15-17,20H2,1-2H3/b31-29+. The topological polar surface area (TPSA) is 120 Å². The summed E-state index contributed by atoms with van der Waals surface area (Å²) in [6, 6.07) is 16.7. The molecular formula is C35H34ClN3O7S2. The summed E-state index contributed by atoms with van der Waals surface area (Å²) in [5, 5.41) is 21.2. The smallest absolute Gasteiger partial charge is 0.301 e. The minimum Gasteiger partial charge on any atom is -0.507 e. The van der Waals surface area contributed by atoms with Gasteiger partial charge in [-0.3, -0.25) is 14.5 Å². The molecule has 1 saturated heterocycles. The zero-order valence-electron chi connectivity index (χ0n) is 26.4. The third kappa shape index (κ3) is 7.25. The number of rotatable bonds is 13. The fraction of sp³-hybridized carbons (Fsp3) is 0.314. The van der Waals surface area contributed by atoms with Crippen LogP contribution in [0, 0.1) is 0 Å². The van der Waals surface area contributed by atoms with Gasteiger partial charge in [-0.2, -0.15) is 0 Å². The van der Waals surface area contributed by atoms with Crippen LogP contribution in [-0.2, 0) is 15.3 Å². The minimum absolute atomic E-state index is 0.0960. The number of benzene rings is 3. The fourth-order valence-electron chi connectivity index (χ4n) is 5.39. The molecular weight excluding hydrogens is 674 g/mol. The van der Waals surface area contributed by atoms with Crippen molar-refractivity contribution >= 4 is 57.3 Å². The van der Waals surface area contributed by atoms with Gasteiger partial charge in [0.05, 0.1) is 24.8 Å². The molecule has 13 heteroatoms. The highest BCUT2D eigenvalue weighted by Gasteiger charge is 2.48. The minimum atomic E-state index is -1.03. The third-order valence-electron chi connectivity index (χ3n) is 7.73. The van der Waals surface area contributed by atoms with Crippen LogP contribution >= 0.6 is 34.7 Å². The van der Waals surface area contributed by atoms with Crippen LogP contribution in [0.15, 0.2) is 70.6 Å². The van der Waals surface area contributed by atoms with Crippen LogP contribution in [0.5, 0.6) is 23.0 Å². The number of ketones is 1. The maximum Gasteiger partial charge on any atom is 0.301 e. The predicted molar refractivity (Wildman–Crippen MR) is 186 cm³/mol. The average Bonchev–Trinajstić information content (AvgIpc) is 3.68. The molecule has 1 fully saturated rings. The van der Waals surface area contributed by atoms with Crippen molar-refractivity contribution in [3.63, 3.8) is 0 Å². The van der Waals surface area contributed by atoms with Gasteiger partial charge in [0.2, 0.25) is 5.13 Å². The van der Waals surface area contributed by atoms with Gasteiger partial charge in [0, 0.05) is 16.3 Å². The number of nitrogens with zero attached hydrogens (tertiary/aromatic N) is 3. The monoisotopic (exact) mass is 707 g/mol. The molecule has 10 nitrogen and oxygen atoms in total. The van der Waals surface area contributed by atoms with E-state index >= 15 is 0 Å². The van der Waals surface area contributed by atoms with Crippen LogP contribution in [0.4, 0.5) is 5.13 Å². The molecule has 0 aliphatic carbocycles. The van der Waals surface area contributed by atoms with E-state index in [1.807, 2.05) is 31.2 Å². The molecule has 4 aromatic rings. The highest BCUT2D eigenvalue weighted by molar-refractivity contribution is 8.00. The second-order valence-electron chi connectivity index (χ2n) is 11.0. The van der Waals surface area contributed by atoms with E-state index in [4.69, 9.17) is 30.5 Å². The van der Waals surface area contributed by atoms with E-state index in [0.717, 1.165) is 24.8 Å². The van der Waals surface area contributed by atoms with Crippen LogP contribution in [-0.4, -0.2) is 53.4 Å². The van der Waals surface area contributed by atoms with E-state index in [1.165, 1.54) is 28.0 Å². The molecule has 1 aromatic heterocycles. The summed E-state index contributed by atoms with van der Waals surface area (Å²) < 4.78 is 24.0. The average molecular weight is 708 g/mol. The summed E-state index contributed by atoms with van der Waals surface area (Å²) in [7, 11) is 0. The number of aliphatic hydroxyl groups excluding tert-OH is 1. The Morgan fingerprint density at radius 1 is 0.979 bits per heavy atom. The van der Waals surface area contributed by atoms with Gasteiger partial charge < -0.3 is 24.1 Å². The lowest BCUT2D eigenvalue weighted by atomic mass is 9.95. The Kier molecular flexibility index (Phi) is 10.7. The molecule has 6 rings (SSSR count). The number of carbonyl (C=O) groups excluding carboxylic acids is 2. The molecule has 48 heavy (non-hydrogen) atoms. The van der Waals surface area contributed by atoms with Gasteiger partial charge in [0.15, 0.2) is 27.3 Å². The number of unbranched alkanes of at least 4 members (excludes halogenated alkanes) is 2. The summed E-state index contributed by atoms with van der Waals surface area (Å²) in [5.41, 5.74) is 1.78. The lowest BCUT2D eigenvalue weighted by Gasteiger charge is -2.24. The van der Waals surface area contributed by atoms with Crippen LogP contribution in [0.3, 0.4) is 0 Å². The highest BCUT2D eigenvalue weighted by atomic mass is 35.5. The fourth-order valence-corrected chi connectivity index (χ4v) is 7.34. The number of Topliss-reactive ketones (excluding diaryl/α,β-unsaturated/α-hetero) is 1. The molecule has 0 spiro atoms. The van der Waals surface area contributed by atoms with E-state index in [0.29, 0.717) is 75.7 Å². The first kappa shape index (κ1) is 33.6. The number of amides is 1. The molecule has 0 radical (unpaired) electrons. The van der Waals surface area contributed by atoms with Gasteiger partial charge in [-0.1, -0.05) is 72.7 Å². The Bertz CT molecular complexity index is 1830. The second-order valence-corrected chi connectivity index (χ2v) is 13.6. The van der Waals surface area contributed by atoms with Crippen molar-refractivity contribution in [2.75, 3.05) is 31.3 Å². The van der Waals surface area contributed by atoms with Crippen LogP contribution in [0.1, 0.15) is 55.8 Å². The van der Waals surface area contributed by atoms with Crippen LogP contribution in [0.25, 0.3) is 5.76 Å². The Labute approximate surface area is 291 Å². The molecule has 2 aliphatic heterocycles. The lowest BCUT2D eigenvalue weighted by Crippen LogP contribution is -2.29. The molecule has 2 aliphatic rings. The number of ether oxygens (including phenoxy) is 4. The van der Waals surface area contributed by atoms with Crippen molar-refractivity contribution in [2.24, 2.45) is 0 Å². The molecule has 1 amide bonds. The summed E-state index contributed by atoms with van der Waals surface area (Å²) in [6.07, 6.45) is 3.00. The van der Waals surface area contributed by atoms with Gasteiger partial charge in [-0.05, 0) is 66.9 Å². The molecule has 1 atom stereocenters. The number of halogens is 1. The largest absolute Gasteiger partial charge is 0.507 e. The lowest BCUT2D eigenvalue weighted by molar-refractivity contribution is -0.132. The van der Waals surface area contributed by atoms with Crippen molar-refractivity contribution in [1.82, 2.24) is 10.2 Å². The first-order valence-corrected chi connectivity index (χ1v) is 17.9. The zero-order valence-corrected chi connectivity index (χ0v) is 28.8. The van der Waals surface area contributed by atoms with E-state index in [9.17, 15) is 14.7 Å². The van der Waals surface area contributed by atoms with Crippen molar-refractivity contribution in [3.8, 4) is 23.0 Å². The third-order valence-corrected chi connectivity index (χ3v) is 10.1. The number of hydrogen-bond acceptors (Lipinski definition) is 11. The predicted octanol–water partition coefficient (Wildman–Crippen LogP) is 7.85. The quantitative estimate of drug-likeness (QED) is 0.0367. The Balaban J connectivity index is 1.40. The van der Waals surface area contributed by atoms with Gasteiger partial charge in [0.25, 0.3) is 5.78 Å². The van der Waals surface area contributed by atoms with Gasteiger partial charge in [-0.15, -0.1) is 10.2 Å². The summed E-state index contributed by atoms with van der Waals surface area (Å²) in [4.78, 5) is 28.9. The van der Waals surface area contributed by atoms with Crippen molar-refractivity contribution in [1.29, 1.82) is 0 Å². The van der Waals surface area contributed by atoms with E-state index in [1.54, 1.807) is 36.4 Å². The summed E-state index contributed by atoms with van der Waals surface area (Å²) in [5.74, 6) is 0.560. The van der Waals surface area contributed by atoms with E-state index < -0.39 is 17.7 Å². The van der Waals surface area contributed by atoms with Crippen LogP contribution in [0.2, 0.25) is 5.02 Å². The van der Waals surface area contributed by atoms with E-state index in [-0.39, 0.29) is 16.5 Å². The zero-order chi connectivity index (χ0) is 33.6. The number of aliphatic hydroxyl groups is 1. The first-order valence-electron chi connectivity index (χ1n) is 15.7. The number of aromatic nitrogens is 2. The van der Waals surface area contributed by atoms with Crippen LogP contribution < -0.4 is 23.8 Å². The molecule has 250 valence electrons. The van der Waals surface area contributed by atoms with Crippen molar-refractivity contribution in [2.45, 2.75) is 49.2 Å². The van der Waals surface area contributed by atoms with E-state index in [2.05, 4.69) is 17.1 Å². The molecule has 1 N–H and O–H groups in total. The maximum atomic E-state index is 13.8. The van der Waals surface area contributed by atoms with Gasteiger partial charge >= 0.3 is 5.91 Å². The summed E-state index contributed by atoms with van der Waals surface area (Å²) >= 11 is 8.67. The number of fused-ring (bicyclic) bond motifs is 1. The molecule has 1 unspecified atom stereocenters. The molecule has 0 saturated carbocycles. The number of carbonyl (C=O) groups is 2. The Hall–Kier alpha value is -4.26. The molecule has 3 heterocycles. The molecule has 3 aromatic carbocycles. The van der Waals surface area contributed by atoms with Gasteiger partial charge in [0.1, 0.15) is 19.0 Å². The Morgan fingerprint density at radius 3 is 2.54 bits per heavy atom.